The van der Waals surface area contributed by atoms with Gasteiger partial charge in [-0.2, -0.15) is 5.10 Å². The van der Waals surface area contributed by atoms with Gasteiger partial charge >= 0.3 is 0 Å². The first kappa shape index (κ1) is 16.4. The second-order valence-electron chi connectivity index (χ2n) is 5.54. The van der Waals surface area contributed by atoms with Crippen LogP contribution in [0.3, 0.4) is 0 Å². The van der Waals surface area contributed by atoms with E-state index in [2.05, 4.69) is 20.5 Å². The van der Waals surface area contributed by atoms with E-state index in [-0.39, 0.29) is 11.9 Å². The SMILES string of the molecule is CCN(Cc1ccc(C(=O)Nc2ccnc3[nH]ncc23)cc1)C(=N)N. The molecule has 128 valence electrons. The van der Waals surface area contributed by atoms with E-state index >= 15 is 0 Å². The Morgan fingerprint density at radius 1 is 1.32 bits per heavy atom. The molecule has 0 radical (unpaired) electrons. The molecule has 0 bridgehead atoms. The number of hydrogen-bond donors (Lipinski definition) is 4. The first-order valence-corrected chi connectivity index (χ1v) is 7.86. The molecule has 8 nitrogen and oxygen atoms in total. The van der Waals surface area contributed by atoms with Crippen molar-refractivity contribution in [1.82, 2.24) is 20.1 Å². The monoisotopic (exact) mass is 337 g/mol. The summed E-state index contributed by atoms with van der Waals surface area (Å²) in [4.78, 5) is 18.3. The summed E-state index contributed by atoms with van der Waals surface area (Å²) in [5, 5.41) is 17.8. The average Bonchev–Trinajstić information content (AvgIpc) is 3.09. The van der Waals surface area contributed by atoms with Gasteiger partial charge in [0.05, 0.1) is 17.3 Å². The third-order valence-electron chi connectivity index (χ3n) is 3.91. The molecule has 0 saturated carbocycles. The lowest BCUT2D eigenvalue weighted by Gasteiger charge is -2.20. The average molecular weight is 337 g/mol. The lowest BCUT2D eigenvalue weighted by Crippen LogP contribution is -2.35. The van der Waals surface area contributed by atoms with Crippen LogP contribution in [0.25, 0.3) is 11.0 Å². The van der Waals surface area contributed by atoms with Gasteiger partial charge in [0.2, 0.25) is 0 Å². The van der Waals surface area contributed by atoms with E-state index in [4.69, 9.17) is 11.1 Å². The van der Waals surface area contributed by atoms with Crippen molar-refractivity contribution in [2.75, 3.05) is 11.9 Å². The van der Waals surface area contributed by atoms with Gasteiger partial charge in [-0.3, -0.25) is 15.3 Å². The number of anilines is 1. The summed E-state index contributed by atoms with van der Waals surface area (Å²) in [7, 11) is 0. The zero-order valence-corrected chi connectivity index (χ0v) is 13.8. The van der Waals surface area contributed by atoms with Crippen LogP contribution >= 0.6 is 0 Å². The second kappa shape index (κ2) is 7.00. The first-order valence-electron chi connectivity index (χ1n) is 7.86. The molecule has 2 heterocycles. The van der Waals surface area contributed by atoms with Gasteiger partial charge in [0, 0.05) is 24.8 Å². The Kier molecular flexibility index (Phi) is 4.60. The molecule has 0 aliphatic rings. The van der Waals surface area contributed by atoms with Gasteiger partial charge in [-0.15, -0.1) is 0 Å². The molecule has 3 aromatic rings. The molecule has 0 fully saturated rings. The number of amides is 1. The lowest BCUT2D eigenvalue weighted by molar-refractivity contribution is 0.102. The maximum absolute atomic E-state index is 12.5. The summed E-state index contributed by atoms with van der Waals surface area (Å²) in [6.07, 6.45) is 3.24. The van der Waals surface area contributed by atoms with Crippen LogP contribution < -0.4 is 11.1 Å². The highest BCUT2D eigenvalue weighted by Crippen LogP contribution is 2.20. The van der Waals surface area contributed by atoms with E-state index in [9.17, 15) is 4.79 Å². The summed E-state index contributed by atoms with van der Waals surface area (Å²) >= 11 is 0. The van der Waals surface area contributed by atoms with Crippen molar-refractivity contribution >= 4 is 28.6 Å². The third-order valence-corrected chi connectivity index (χ3v) is 3.91. The zero-order valence-electron chi connectivity index (χ0n) is 13.8. The highest BCUT2D eigenvalue weighted by molar-refractivity contribution is 6.08. The quantitative estimate of drug-likeness (QED) is 0.418. The Morgan fingerprint density at radius 3 is 2.76 bits per heavy atom. The van der Waals surface area contributed by atoms with Gasteiger partial charge < -0.3 is 16.0 Å². The molecular formula is C17H19N7O. The van der Waals surface area contributed by atoms with E-state index in [1.54, 1.807) is 35.5 Å². The number of carbonyl (C=O) groups is 1. The molecule has 0 aliphatic carbocycles. The van der Waals surface area contributed by atoms with Crippen molar-refractivity contribution in [3.8, 4) is 0 Å². The highest BCUT2D eigenvalue weighted by Gasteiger charge is 2.11. The maximum atomic E-state index is 12.5. The Hall–Kier alpha value is -3.42. The second-order valence-corrected chi connectivity index (χ2v) is 5.54. The third kappa shape index (κ3) is 3.57. The van der Waals surface area contributed by atoms with E-state index in [0.717, 1.165) is 10.9 Å². The molecule has 0 aliphatic heterocycles. The van der Waals surface area contributed by atoms with Crippen molar-refractivity contribution in [2.45, 2.75) is 13.5 Å². The van der Waals surface area contributed by atoms with E-state index < -0.39 is 0 Å². The van der Waals surface area contributed by atoms with Gasteiger partial charge in [0.25, 0.3) is 5.91 Å². The summed E-state index contributed by atoms with van der Waals surface area (Å²) in [5.41, 5.74) is 8.33. The number of aromatic amines is 1. The lowest BCUT2D eigenvalue weighted by atomic mass is 10.1. The molecule has 8 heteroatoms. The Bertz CT molecular complexity index is 901. The smallest absolute Gasteiger partial charge is 0.255 e. The van der Waals surface area contributed by atoms with Crippen LogP contribution in [-0.2, 0) is 6.54 Å². The minimum Gasteiger partial charge on any atom is -0.370 e. The van der Waals surface area contributed by atoms with Crippen LogP contribution in [0.2, 0.25) is 0 Å². The maximum Gasteiger partial charge on any atom is 0.255 e. The number of benzene rings is 1. The first-order chi connectivity index (χ1) is 12.1. The summed E-state index contributed by atoms with van der Waals surface area (Å²) in [6, 6.07) is 8.97. The van der Waals surface area contributed by atoms with Crippen molar-refractivity contribution in [3.05, 3.63) is 53.9 Å². The minimum absolute atomic E-state index is 0.0335. The van der Waals surface area contributed by atoms with Crippen molar-refractivity contribution < 1.29 is 4.79 Å². The van der Waals surface area contributed by atoms with Gasteiger partial charge in [-0.25, -0.2) is 4.98 Å². The number of carbonyl (C=O) groups excluding carboxylic acids is 1. The van der Waals surface area contributed by atoms with E-state index in [1.165, 1.54) is 0 Å². The Labute approximate surface area is 144 Å². The summed E-state index contributed by atoms with van der Waals surface area (Å²) < 4.78 is 0. The Morgan fingerprint density at radius 2 is 2.08 bits per heavy atom. The molecule has 5 N–H and O–H groups in total. The van der Waals surface area contributed by atoms with Crippen LogP contribution in [0.4, 0.5) is 5.69 Å². The fourth-order valence-corrected chi connectivity index (χ4v) is 2.50. The van der Waals surface area contributed by atoms with Gasteiger partial charge in [0.1, 0.15) is 0 Å². The molecule has 25 heavy (non-hydrogen) atoms. The molecule has 1 amide bonds. The Balaban J connectivity index is 1.72. The molecule has 3 rings (SSSR count). The molecule has 2 aromatic heterocycles. The van der Waals surface area contributed by atoms with Gasteiger partial charge in [-0.05, 0) is 30.7 Å². The highest BCUT2D eigenvalue weighted by atomic mass is 16.1. The molecular weight excluding hydrogens is 318 g/mol. The molecule has 0 atom stereocenters. The standard InChI is InChI=1S/C17H19N7O/c1-2-24(17(18)19)10-11-3-5-12(6-4-11)16(25)22-14-7-8-20-15-13(14)9-21-23-15/h3-9H,2,10H2,1H3,(H3,18,19)(H2,20,21,22,23,25). The van der Waals surface area contributed by atoms with Crippen LogP contribution in [0.15, 0.2) is 42.7 Å². The van der Waals surface area contributed by atoms with Crippen molar-refractivity contribution in [2.24, 2.45) is 5.73 Å². The summed E-state index contributed by atoms with van der Waals surface area (Å²) in [5.74, 6) is -0.176. The number of aromatic nitrogens is 3. The van der Waals surface area contributed by atoms with Crippen LogP contribution in [-0.4, -0.2) is 38.5 Å². The van der Waals surface area contributed by atoms with E-state index in [0.29, 0.717) is 30.0 Å². The fraction of sp³-hybridized carbons (Fsp3) is 0.176. The number of rotatable bonds is 5. The molecule has 0 spiro atoms. The van der Waals surface area contributed by atoms with Crippen LogP contribution in [0.5, 0.6) is 0 Å². The van der Waals surface area contributed by atoms with Crippen molar-refractivity contribution in [3.63, 3.8) is 0 Å². The number of guanidine groups is 1. The number of nitrogens with one attached hydrogen (secondary N) is 3. The van der Waals surface area contributed by atoms with E-state index in [1.807, 2.05) is 19.1 Å². The number of nitrogens with zero attached hydrogens (tertiary/aromatic N) is 3. The molecule has 0 unspecified atom stereocenters. The number of H-pyrrole nitrogens is 1. The predicted molar refractivity (Wildman–Crippen MR) is 96.3 cm³/mol. The van der Waals surface area contributed by atoms with Gasteiger partial charge in [-0.1, -0.05) is 12.1 Å². The number of pyridine rings is 1. The topological polar surface area (TPSA) is 124 Å². The van der Waals surface area contributed by atoms with Crippen LogP contribution in [0.1, 0.15) is 22.8 Å². The molecule has 0 saturated heterocycles. The number of nitrogens with two attached hydrogens (primary N) is 1. The van der Waals surface area contributed by atoms with Crippen molar-refractivity contribution in [1.29, 1.82) is 5.41 Å². The fourth-order valence-electron chi connectivity index (χ4n) is 2.50. The number of fused-ring (bicyclic) bond motifs is 1. The largest absolute Gasteiger partial charge is 0.370 e. The number of hydrogen-bond acceptors (Lipinski definition) is 4. The molecule has 1 aromatic carbocycles. The normalized spacial score (nSPS) is 10.6. The summed E-state index contributed by atoms with van der Waals surface area (Å²) in [6.45, 7) is 3.13. The van der Waals surface area contributed by atoms with Crippen LogP contribution in [0, 0.1) is 5.41 Å². The predicted octanol–water partition coefficient (Wildman–Crippen LogP) is 1.93. The van der Waals surface area contributed by atoms with Gasteiger partial charge in [0.15, 0.2) is 11.6 Å². The minimum atomic E-state index is -0.209. The zero-order chi connectivity index (χ0) is 17.8.